The summed E-state index contributed by atoms with van der Waals surface area (Å²) in [7, 11) is 0. The first kappa shape index (κ1) is 32.8. The van der Waals surface area contributed by atoms with Gasteiger partial charge >= 0.3 is 12.3 Å². The number of benzene rings is 2. The van der Waals surface area contributed by atoms with Crippen molar-refractivity contribution in [2.45, 2.75) is 38.6 Å². The molecular weight excluding hydrogens is 632 g/mol. The number of hydrogen-bond donors (Lipinski definition) is 1. The molecule has 4 heterocycles. The molecule has 14 heteroatoms. The number of piperazine rings is 1. The van der Waals surface area contributed by atoms with Crippen molar-refractivity contribution in [1.29, 1.82) is 5.26 Å². The molecule has 6 rings (SSSR count). The molecule has 2 aromatic heterocycles. The maximum absolute atomic E-state index is 16.0. The molecule has 10 nitrogen and oxygen atoms in total. The lowest BCUT2D eigenvalue weighted by atomic mass is 10.0. The number of ether oxygens (including phenoxy) is 1. The minimum atomic E-state index is -5.26. The number of alkyl halides is 3. The van der Waals surface area contributed by atoms with E-state index < -0.39 is 46.8 Å². The monoisotopic (exact) mass is 664 g/mol. The smallest absolute Gasteiger partial charge is 0.481 e. The molecule has 0 saturated carbocycles. The number of anilines is 2. The summed E-state index contributed by atoms with van der Waals surface area (Å²) < 4.78 is 64.2. The summed E-state index contributed by atoms with van der Waals surface area (Å²) in [5.41, 5.74) is -0.329. The van der Waals surface area contributed by atoms with Crippen LogP contribution in [0.4, 0.5) is 29.1 Å². The lowest BCUT2D eigenvalue weighted by molar-refractivity contribution is -0.274. The third-order valence-corrected chi connectivity index (χ3v) is 8.68. The number of carboxylic acids is 1. The summed E-state index contributed by atoms with van der Waals surface area (Å²) in [6.45, 7) is 3.12. The minimum Gasteiger partial charge on any atom is -0.481 e. The van der Waals surface area contributed by atoms with Gasteiger partial charge in [-0.2, -0.15) is 5.26 Å². The van der Waals surface area contributed by atoms with Crippen LogP contribution in [0.1, 0.15) is 36.0 Å². The van der Waals surface area contributed by atoms with E-state index in [0.29, 0.717) is 23.6 Å². The van der Waals surface area contributed by atoms with Crippen LogP contribution in [-0.2, 0) is 17.8 Å². The van der Waals surface area contributed by atoms with Gasteiger partial charge in [0.05, 0.1) is 17.4 Å². The highest BCUT2D eigenvalue weighted by molar-refractivity contribution is 5.93. The number of nitrogens with zero attached hydrogens (tertiary/aromatic N) is 6. The van der Waals surface area contributed by atoms with Crippen LogP contribution in [0.25, 0.3) is 16.6 Å². The van der Waals surface area contributed by atoms with Crippen molar-refractivity contribution in [2.24, 2.45) is 0 Å². The molecule has 2 aliphatic heterocycles. The maximum atomic E-state index is 16.0. The SMILES string of the molecule is N#Cc1cccnc1N1CCN(c2c(F)cc3c(=O)c(CC(=O)O)cn(-c4ccc(CN5CCCCC5)cc4)c3c2OC(F)(F)F)CC1. The third-order valence-electron chi connectivity index (χ3n) is 8.68. The quantitative estimate of drug-likeness (QED) is 0.253. The van der Waals surface area contributed by atoms with Gasteiger partial charge in [-0.1, -0.05) is 18.6 Å². The van der Waals surface area contributed by atoms with Crippen LogP contribution in [-0.4, -0.2) is 71.2 Å². The van der Waals surface area contributed by atoms with E-state index in [1.807, 2.05) is 12.1 Å². The second-order valence-electron chi connectivity index (χ2n) is 11.9. The first-order chi connectivity index (χ1) is 23.0. The number of carbonyl (C=O) groups is 1. The molecule has 0 spiro atoms. The average Bonchev–Trinajstić information content (AvgIpc) is 3.06. The zero-order valence-electron chi connectivity index (χ0n) is 25.8. The van der Waals surface area contributed by atoms with E-state index >= 15 is 4.39 Å². The number of hydrogen-bond acceptors (Lipinski definition) is 8. The number of nitriles is 1. The fraction of sp³-hybridized carbons (Fsp3) is 0.353. The van der Waals surface area contributed by atoms with Crippen molar-refractivity contribution < 1.29 is 32.2 Å². The Labute approximate surface area is 273 Å². The predicted octanol–water partition coefficient (Wildman–Crippen LogP) is 5.23. The summed E-state index contributed by atoms with van der Waals surface area (Å²) in [6, 6.07) is 13.1. The fourth-order valence-corrected chi connectivity index (χ4v) is 6.49. The molecule has 48 heavy (non-hydrogen) atoms. The van der Waals surface area contributed by atoms with Gasteiger partial charge < -0.3 is 24.2 Å². The molecule has 2 aromatic carbocycles. The zero-order valence-corrected chi connectivity index (χ0v) is 25.8. The summed E-state index contributed by atoms with van der Waals surface area (Å²) in [4.78, 5) is 34.9. The molecule has 1 N–H and O–H groups in total. The lowest BCUT2D eigenvalue weighted by Gasteiger charge is -2.38. The number of piperidine rings is 1. The molecular formula is C34H32F4N6O4. The first-order valence-electron chi connectivity index (χ1n) is 15.6. The van der Waals surface area contributed by atoms with Crippen molar-refractivity contribution in [3.05, 3.63) is 87.6 Å². The number of carboxylic acid groups (broad SMARTS) is 1. The number of likely N-dealkylation sites (tertiary alicyclic amines) is 1. The van der Waals surface area contributed by atoms with E-state index in [2.05, 4.69) is 20.7 Å². The molecule has 0 unspecified atom stereocenters. The van der Waals surface area contributed by atoms with Gasteiger partial charge in [-0.05, 0) is 61.8 Å². The number of pyridine rings is 2. The van der Waals surface area contributed by atoms with E-state index in [-0.39, 0.29) is 37.3 Å². The van der Waals surface area contributed by atoms with Gasteiger partial charge in [0.15, 0.2) is 17.0 Å². The topological polar surface area (TPSA) is 115 Å². The van der Waals surface area contributed by atoms with Crippen LogP contribution in [0.5, 0.6) is 5.75 Å². The minimum absolute atomic E-state index is 0.0462. The Morgan fingerprint density at radius 2 is 1.69 bits per heavy atom. The highest BCUT2D eigenvalue weighted by Crippen LogP contribution is 2.42. The number of halogens is 4. The average molecular weight is 665 g/mol. The van der Waals surface area contributed by atoms with Gasteiger partial charge in [-0.25, -0.2) is 9.37 Å². The summed E-state index contributed by atoms with van der Waals surface area (Å²) in [5, 5.41) is 18.5. The highest BCUT2D eigenvalue weighted by atomic mass is 19.4. The number of rotatable bonds is 8. The van der Waals surface area contributed by atoms with Crippen molar-refractivity contribution in [3.8, 4) is 17.5 Å². The summed E-state index contributed by atoms with van der Waals surface area (Å²) >= 11 is 0. The number of aromatic nitrogens is 2. The van der Waals surface area contributed by atoms with Crippen molar-refractivity contribution in [1.82, 2.24) is 14.5 Å². The molecule has 2 aliphatic rings. The molecule has 4 aromatic rings. The Kier molecular flexibility index (Phi) is 9.23. The van der Waals surface area contributed by atoms with E-state index in [1.165, 1.54) is 28.3 Å². The van der Waals surface area contributed by atoms with E-state index in [4.69, 9.17) is 0 Å². The first-order valence-corrected chi connectivity index (χ1v) is 15.6. The van der Waals surface area contributed by atoms with Gasteiger partial charge in [0, 0.05) is 56.4 Å². The van der Waals surface area contributed by atoms with Crippen molar-refractivity contribution in [3.63, 3.8) is 0 Å². The molecule has 0 aliphatic carbocycles. The Morgan fingerprint density at radius 1 is 1.00 bits per heavy atom. The van der Waals surface area contributed by atoms with Crippen LogP contribution in [0.2, 0.25) is 0 Å². The lowest BCUT2D eigenvalue weighted by Crippen LogP contribution is -2.47. The second-order valence-corrected chi connectivity index (χ2v) is 11.9. The van der Waals surface area contributed by atoms with Crippen molar-refractivity contribution in [2.75, 3.05) is 49.1 Å². The van der Waals surface area contributed by atoms with Crippen LogP contribution < -0.4 is 20.0 Å². The Balaban J connectivity index is 1.47. The molecule has 0 amide bonds. The number of fused-ring (bicyclic) bond motifs is 1. The molecule has 0 radical (unpaired) electrons. The second kappa shape index (κ2) is 13.5. The normalized spacial score (nSPS) is 15.8. The third kappa shape index (κ3) is 6.91. The van der Waals surface area contributed by atoms with Gasteiger partial charge in [0.25, 0.3) is 0 Å². The molecule has 250 valence electrons. The van der Waals surface area contributed by atoms with Crippen molar-refractivity contribution >= 4 is 28.4 Å². The van der Waals surface area contributed by atoms with E-state index in [0.717, 1.165) is 37.6 Å². The Morgan fingerprint density at radius 3 is 2.33 bits per heavy atom. The van der Waals surface area contributed by atoms with Crippen LogP contribution >= 0.6 is 0 Å². The van der Waals surface area contributed by atoms with Gasteiger partial charge in [-0.3, -0.25) is 14.5 Å². The Bertz CT molecular complexity index is 1930. The molecule has 2 saturated heterocycles. The standard InChI is InChI=1S/C34H32F4N6O4/c35-27-18-26-29(32(48-34(36,37)38)30(27)42-13-15-43(16-14-42)33-23(19-39)5-4-10-40-33)44(21-24(31(26)47)17-28(45)46)25-8-6-22(7-9-25)20-41-11-2-1-3-12-41/h4-10,18,21H,1-3,11-17,20H2,(H,45,46). The molecule has 2 fully saturated rings. The van der Waals surface area contributed by atoms with Gasteiger partial charge in [0.1, 0.15) is 23.1 Å². The molecule has 0 atom stereocenters. The largest absolute Gasteiger partial charge is 0.573 e. The van der Waals surface area contributed by atoms with Crippen LogP contribution in [0, 0.1) is 17.1 Å². The predicted molar refractivity (Wildman–Crippen MR) is 170 cm³/mol. The van der Waals surface area contributed by atoms with E-state index in [1.54, 1.807) is 29.2 Å². The maximum Gasteiger partial charge on any atom is 0.573 e. The van der Waals surface area contributed by atoms with Gasteiger partial charge in [-0.15, -0.1) is 13.2 Å². The summed E-state index contributed by atoms with van der Waals surface area (Å²) in [5.74, 6) is -2.95. The summed E-state index contributed by atoms with van der Waals surface area (Å²) in [6.07, 6.45) is 0.124. The Hall–Kier alpha value is -5.16. The van der Waals surface area contributed by atoms with Crippen LogP contribution in [0.15, 0.2) is 59.7 Å². The van der Waals surface area contributed by atoms with E-state index in [9.17, 15) is 33.1 Å². The number of aliphatic carboxylic acids is 1. The van der Waals surface area contributed by atoms with Gasteiger partial charge in [0.2, 0.25) is 0 Å². The highest BCUT2D eigenvalue weighted by Gasteiger charge is 2.37. The van der Waals surface area contributed by atoms with Crippen LogP contribution in [0.3, 0.4) is 0 Å². The molecule has 0 bridgehead atoms. The zero-order chi connectivity index (χ0) is 34.0. The fourth-order valence-electron chi connectivity index (χ4n) is 6.49.